The van der Waals surface area contributed by atoms with Crippen molar-refractivity contribution in [1.29, 1.82) is 0 Å². The Balaban J connectivity index is 2.08. The molecule has 2 rings (SSSR count). The molecule has 0 spiro atoms. The number of carbonyl (C=O) groups excluding carboxylic acids is 1. The van der Waals surface area contributed by atoms with E-state index in [4.69, 9.17) is 11.6 Å². The molecule has 21 heavy (non-hydrogen) atoms. The monoisotopic (exact) mass is 312 g/mol. The number of rotatable bonds is 4. The van der Waals surface area contributed by atoms with Crippen molar-refractivity contribution < 1.29 is 14.8 Å². The molecule has 0 saturated heterocycles. The van der Waals surface area contributed by atoms with Crippen LogP contribution in [0.4, 0.5) is 5.69 Å². The van der Waals surface area contributed by atoms with Crippen LogP contribution >= 0.6 is 11.6 Å². The average molecular weight is 313 g/mol. The fraction of sp³-hybridized carbons (Fsp3) is 0.500. The van der Waals surface area contributed by atoms with Gasteiger partial charge in [0.15, 0.2) is 0 Å². The molecule has 1 amide bonds. The van der Waals surface area contributed by atoms with E-state index in [0.29, 0.717) is 12.8 Å². The number of halogens is 1. The largest absolute Gasteiger partial charge is 0.388 e. The molecule has 1 aromatic carbocycles. The lowest BCUT2D eigenvalue weighted by Gasteiger charge is -2.32. The molecule has 0 radical (unpaired) electrons. The van der Waals surface area contributed by atoms with Gasteiger partial charge < -0.3 is 10.4 Å². The van der Waals surface area contributed by atoms with Crippen LogP contribution in [-0.4, -0.2) is 28.1 Å². The average Bonchev–Trinajstić information content (AvgIpc) is 2.45. The minimum atomic E-state index is -0.908. The maximum Gasteiger partial charge on any atom is 0.283 e. The lowest BCUT2D eigenvalue weighted by molar-refractivity contribution is -0.385. The van der Waals surface area contributed by atoms with E-state index in [1.54, 1.807) is 0 Å². The summed E-state index contributed by atoms with van der Waals surface area (Å²) in [5, 5.41) is 24.1. The third-order valence-corrected chi connectivity index (χ3v) is 4.00. The maximum absolute atomic E-state index is 12.1. The zero-order valence-electron chi connectivity index (χ0n) is 11.5. The fourth-order valence-electron chi connectivity index (χ4n) is 2.57. The summed E-state index contributed by atoms with van der Waals surface area (Å²) in [5.74, 6) is -0.572. The summed E-state index contributed by atoms with van der Waals surface area (Å²) in [7, 11) is 0. The Bertz CT molecular complexity index is 556. The smallest absolute Gasteiger partial charge is 0.283 e. The SMILES string of the molecule is O=C(NCC1(O)CCCCC1)c1ccc(Cl)cc1[N+](=O)[O-]. The molecule has 114 valence electrons. The van der Waals surface area contributed by atoms with Crippen molar-refractivity contribution >= 4 is 23.2 Å². The van der Waals surface area contributed by atoms with Crippen molar-refractivity contribution in [2.45, 2.75) is 37.7 Å². The van der Waals surface area contributed by atoms with Crippen LogP contribution in [0.25, 0.3) is 0 Å². The van der Waals surface area contributed by atoms with E-state index in [-0.39, 0.29) is 22.8 Å². The number of hydrogen-bond acceptors (Lipinski definition) is 4. The Labute approximate surface area is 127 Å². The van der Waals surface area contributed by atoms with Crippen molar-refractivity contribution in [1.82, 2.24) is 5.32 Å². The van der Waals surface area contributed by atoms with Crippen molar-refractivity contribution in [3.8, 4) is 0 Å². The number of hydrogen-bond donors (Lipinski definition) is 2. The van der Waals surface area contributed by atoms with Gasteiger partial charge in [-0.15, -0.1) is 0 Å². The molecule has 2 N–H and O–H groups in total. The first-order valence-electron chi connectivity index (χ1n) is 6.86. The normalized spacial score (nSPS) is 17.2. The Morgan fingerprint density at radius 3 is 2.67 bits per heavy atom. The molecule has 1 fully saturated rings. The summed E-state index contributed by atoms with van der Waals surface area (Å²) >= 11 is 5.71. The van der Waals surface area contributed by atoms with E-state index in [2.05, 4.69) is 5.32 Å². The van der Waals surface area contributed by atoms with Gasteiger partial charge >= 0.3 is 0 Å². The molecule has 0 unspecified atom stereocenters. The summed E-state index contributed by atoms with van der Waals surface area (Å²) in [4.78, 5) is 22.4. The van der Waals surface area contributed by atoms with E-state index in [1.807, 2.05) is 0 Å². The highest BCUT2D eigenvalue weighted by Gasteiger charge is 2.30. The molecule has 0 aliphatic heterocycles. The maximum atomic E-state index is 12.1. The minimum absolute atomic E-state index is 0.0520. The molecule has 0 heterocycles. The predicted molar refractivity (Wildman–Crippen MR) is 78.5 cm³/mol. The lowest BCUT2D eigenvalue weighted by Crippen LogP contribution is -2.44. The third-order valence-electron chi connectivity index (χ3n) is 3.76. The topological polar surface area (TPSA) is 92.5 Å². The molecule has 0 aromatic heterocycles. The van der Waals surface area contributed by atoms with Gasteiger partial charge in [-0.25, -0.2) is 0 Å². The van der Waals surface area contributed by atoms with Crippen LogP contribution < -0.4 is 5.32 Å². The molecule has 1 aliphatic rings. The van der Waals surface area contributed by atoms with Crippen molar-refractivity contribution in [3.05, 3.63) is 38.9 Å². The highest BCUT2D eigenvalue weighted by molar-refractivity contribution is 6.31. The standard InChI is InChI=1S/C14H17ClN2O4/c15-10-4-5-11(12(8-10)17(20)21)13(18)16-9-14(19)6-2-1-3-7-14/h4-5,8,19H,1-3,6-7,9H2,(H,16,18). The van der Waals surface area contributed by atoms with Gasteiger partial charge in [-0.2, -0.15) is 0 Å². The minimum Gasteiger partial charge on any atom is -0.388 e. The molecule has 1 aliphatic carbocycles. The number of nitrogens with zero attached hydrogens (tertiary/aromatic N) is 1. The summed E-state index contributed by atoms with van der Waals surface area (Å²) in [6, 6.07) is 3.89. The number of aliphatic hydroxyl groups is 1. The number of nitrogens with one attached hydrogen (secondary N) is 1. The van der Waals surface area contributed by atoms with Crippen molar-refractivity contribution in [2.75, 3.05) is 6.54 Å². The predicted octanol–water partition coefficient (Wildman–Crippen LogP) is 2.67. The van der Waals surface area contributed by atoms with Crippen molar-refractivity contribution in [3.63, 3.8) is 0 Å². The van der Waals surface area contributed by atoms with Crippen LogP contribution in [-0.2, 0) is 0 Å². The quantitative estimate of drug-likeness (QED) is 0.660. The summed E-state index contributed by atoms with van der Waals surface area (Å²) < 4.78 is 0. The Kier molecular flexibility index (Phi) is 4.80. The van der Waals surface area contributed by atoms with Crippen LogP contribution in [0.1, 0.15) is 42.5 Å². The van der Waals surface area contributed by atoms with Gasteiger partial charge in [-0.1, -0.05) is 30.9 Å². The molecule has 0 bridgehead atoms. The molecule has 6 nitrogen and oxygen atoms in total. The highest BCUT2D eigenvalue weighted by atomic mass is 35.5. The zero-order chi connectivity index (χ0) is 15.5. The van der Waals surface area contributed by atoms with Gasteiger partial charge in [0.05, 0.1) is 10.5 Å². The highest BCUT2D eigenvalue weighted by Crippen LogP contribution is 2.28. The zero-order valence-corrected chi connectivity index (χ0v) is 12.2. The molecular weight excluding hydrogens is 296 g/mol. The van der Waals surface area contributed by atoms with Gasteiger partial charge in [0.2, 0.25) is 0 Å². The van der Waals surface area contributed by atoms with E-state index in [1.165, 1.54) is 12.1 Å². The van der Waals surface area contributed by atoms with Crippen LogP contribution in [0.5, 0.6) is 0 Å². The van der Waals surface area contributed by atoms with Gasteiger partial charge in [-0.05, 0) is 25.0 Å². The molecule has 0 atom stereocenters. The molecule has 1 aromatic rings. The Morgan fingerprint density at radius 2 is 2.05 bits per heavy atom. The van der Waals surface area contributed by atoms with Crippen LogP contribution in [0.2, 0.25) is 5.02 Å². The van der Waals surface area contributed by atoms with Crippen LogP contribution in [0, 0.1) is 10.1 Å². The van der Waals surface area contributed by atoms with Crippen molar-refractivity contribution in [2.24, 2.45) is 0 Å². The fourth-order valence-corrected chi connectivity index (χ4v) is 2.74. The number of carbonyl (C=O) groups is 1. The Hall–Kier alpha value is -1.66. The number of benzene rings is 1. The molecular formula is C14H17ClN2O4. The number of amides is 1. The van der Waals surface area contributed by atoms with E-state index in [0.717, 1.165) is 25.3 Å². The van der Waals surface area contributed by atoms with E-state index < -0.39 is 16.4 Å². The summed E-state index contributed by atoms with van der Waals surface area (Å²) in [6.45, 7) is 0.103. The summed E-state index contributed by atoms with van der Waals surface area (Å²) in [6.07, 6.45) is 4.20. The summed E-state index contributed by atoms with van der Waals surface area (Å²) in [5.41, 5.74) is -1.30. The van der Waals surface area contributed by atoms with Gasteiger partial charge in [0, 0.05) is 17.6 Å². The van der Waals surface area contributed by atoms with Gasteiger partial charge in [0.25, 0.3) is 11.6 Å². The van der Waals surface area contributed by atoms with Gasteiger partial charge in [0.1, 0.15) is 5.56 Å². The number of nitro benzene ring substituents is 1. The third kappa shape index (κ3) is 3.92. The first kappa shape index (κ1) is 15.7. The number of nitro groups is 1. The molecule has 1 saturated carbocycles. The first-order chi connectivity index (χ1) is 9.91. The first-order valence-corrected chi connectivity index (χ1v) is 7.24. The van der Waals surface area contributed by atoms with E-state index >= 15 is 0 Å². The van der Waals surface area contributed by atoms with Crippen LogP contribution in [0.3, 0.4) is 0 Å². The second-order valence-electron chi connectivity index (χ2n) is 5.39. The Morgan fingerprint density at radius 1 is 1.38 bits per heavy atom. The van der Waals surface area contributed by atoms with Gasteiger partial charge in [-0.3, -0.25) is 14.9 Å². The van der Waals surface area contributed by atoms with Crippen LogP contribution in [0.15, 0.2) is 18.2 Å². The van der Waals surface area contributed by atoms with E-state index in [9.17, 15) is 20.0 Å². The molecule has 7 heteroatoms. The second-order valence-corrected chi connectivity index (χ2v) is 5.82. The lowest BCUT2D eigenvalue weighted by atomic mass is 9.85. The second kappa shape index (κ2) is 6.41.